The van der Waals surface area contributed by atoms with E-state index in [1.165, 1.54) is 12.1 Å². The second-order valence-electron chi connectivity index (χ2n) is 6.10. The molecule has 0 bridgehead atoms. The molecule has 0 amide bonds. The van der Waals surface area contributed by atoms with Crippen LogP contribution in [0.3, 0.4) is 0 Å². The van der Waals surface area contributed by atoms with Crippen molar-refractivity contribution in [2.24, 2.45) is 0 Å². The van der Waals surface area contributed by atoms with Crippen molar-refractivity contribution in [3.05, 3.63) is 51.3 Å². The normalized spacial score (nSPS) is 11.7. The van der Waals surface area contributed by atoms with Crippen LogP contribution in [0.25, 0.3) is 11.3 Å². The van der Waals surface area contributed by atoms with Gasteiger partial charge in [-0.15, -0.1) is 0 Å². The number of nitrogens with zero attached hydrogens (tertiary/aromatic N) is 1. The Morgan fingerprint density at radius 3 is 2.40 bits per heavy atom. The second kappa shape index (κ2) is 4.85. The molecule has 1 N–H and O–H groups in total. The quantitative estimate of drug-likeness (QED) is 0.865. The fraction of sp³-hybridized carbons (Fsp3) is 0.375. The first-order valence-corrected chi connectivity index (χ1v) is 6.58. The molecule has 0 aliphatic heterocycles. The highest BCUT2D eigenvalue weighted by Crippen LogP contribution is 2.26. The first-order chi connectivity index (χ1) is 9.20. The number of H-pyrrole nitrogens is 1. The highest BCUT2D eigenvalue weighted by atomic mass is 19.1. The fourth-order valence-corrected chi connectivity index (χ4v) is 2.04. The van der Waals surface area contributed by atoms with Gasteiger partial charge in [0.1, 0.15) is 11.6 Å². The summed E-state index contributed by atoms with van der Waals surface area (Å²) in [4.78, 5) is 19.5. The van der Waals surface area contributed by atoms with E-state index in [4.69, 9.17) is 0 Å². The summed E-state index contributed by atoms with van der Waals surface area (Å²) in [6.07, 6.45) is 0. The van der Waals surface area contributed by atoms with Crippen molar-refractivity contribution in [1.82, 2.24) is 9.97 Å². The van der Waals surface area contributed by atoms with Gasteiger partial charge < -0.3 is 4.98 Å². The van der Waals surface area contributed by atoms with Crippen LogP contribution in [0.5, 0.6) is 0 Å². The van der Waals surface area contributed by atoms with E-state index < -0.39 is 0 Å². The van der Waals surface area contributed by atoms with Crippen LogP contribution < -0.4 is 5.56 Å². The molecule has 0 spiro atoms. The zero-order chi connectivity index (χ0) is 15.1. The number of aromatic nitrogens is 2. The largest absolute Gasteiger partial charge is 0.310 e. The predicted molar refractivity (Wildman–Crippen MR) is 78.4 cm³/mol. The lowest BCUT2D eigenvalue weighted by molar-refractivity contribution is 0.542. The van der Waals surface area contributed by atoms with E-state index in [1.807, 2.05) is 27.7 Å². The molecule has 1 heterocycles. The van der Waals surface area contributed by atoms with Gasteiger partial charge in [-0.2, -0.15) is 0 Å². The Hall–Kier alpha value is -1.97. The highest BCUT2D eigenvalue weighted by molar-refractivity contribution is 5.66. The standard InChI is InChI=1S/C16H19FN2O/c1-9-8-11(17)6-7-12(9)13-10(2)14(20)19-15(18-13)16(3,4)5/h6-8H,1-5H3,(H,18,19,20). The number of hydrogen-bond donors (Lipinski definition) is 1. The molecular formula is C16H19FN2O. The van der Waals surface area contributed by atoms with Crippen LogP contribution >= 0.6 is 0 Å². The third-order valence-electron chi connectivity index (χ3n) is 3.31. The molecule has 0 saturated carbocycles. The van der Waals surface area contributed by atoms with Gasteiger partial charge in [0.15, 0.2) is 0 Å². The van der Waals surface area contributed by atoms with E-state index in [1.54, 1.807) is 13.0 Å². The van der Waals surface area contributed by atoms with Crippen molar-refractivity contribution >= 4 is 0 Å². The molecule has 1 aromatic heterocycles. The van der Waals surface area contributed by atoms with Gasteiger partial charge in [0.25, 0.3) is 5.56 Å². The molecular weight excluding hydrogens is 255 g/mol. The number of hydrogen-bond acceptors (Lipinski definition) is 2. The van der Waals surface area contributed by atoms with Crippen LogP contribution in [0.2, 0.25) is 0 Å². The van der Waals surface area contributed by atoms with Gasteiger partial charge in [0, 0.05) is 16.5 Å². The molecule has 2 rings (SSSR count). The summed E-state index contributed by atoms with van der Waals surface area (Å²) in [5.41, 5.74) is 2.33. The first kappa shape index (κ1) is 14.4. The number of nitrogens with one attached hydrogen (secondary N) is 1. The predicted octanol–water partition coefficient (Wildman–Crippen LogP) is 3.49. The fourth-order valence-electron chi connectivity index (χ4n) is 2.04. The molecule has 0 saturated heterocycles. The zero-order valence-corrected chi connectivity index (χ0v) is 12.5. The van der Waals surface area contributed by atoms with E-state index in [-0.39, 0.29) is 16.8 Å². The molecule has 3 nitrogen and oxygen atoms in total. The molecule has 0 unspecified atom stereocenters. The van der Waals surface area contributed by atoms with Gasteiger partial charge in [0.05, 0.1) is 5.69 Å². The monoisotopic (exact) mass is 274 g/mol. The van der Waals surface area contributed by atoms with Crippen molar-refractivity contribution in [3.8, 4) is 11.3 Å². The lowest BCUT2D eigenvalue weighted by Gasteiger charge is -2.19. The average Bonchev–Trinajstić information content (AvgIpc) is 2.32. The number of aryl methyl sites for hydroxylation is 1. The van der Waals surface area contributed by atoms with E-state index in [9.17, 15) is 9.18 Å². The smallest absolute Gasteiger partial charge is 0.254 e. The van der Waals surface area contributed by atoms with Crippen molar-refractivity contribution < 1.29 is 4.39 Å². The second-order valence-corrected chi connectivity index (χ2v) is 6.10. The third kappa shape index (κ3) is 2.64. The number of benzene rings is 1. The Balaban J connectivity index is 2.73. The molecule has 4 heteroatoms. The maximum absolute atomic E-state index is 13.2. The van der Waals surface area contributed by atoms with Gasteiger partial charge >= 0.3 is 0 Å². The summed E-state index contributed by atoms with van der Waals surface area (Å²) >= 11 is 0. The van der Waals surface area contributed by atoms with E-state index in [2.05, 4.69) is 9.97 Å². The summed E-state index contributed by atoms with van der Waals surface area (Å²) in [5, 5.41) is 0. The Morgan fingerprint density at radius 1 is 1.20 bits per heavy atom. The van der Waals surface area contributed by atoms with Crippen LogP contribution in [0, 0.1) is 19.7 Å². The van der Waals surface area contributed by atoms with E-state index in [0.29, 0.717) is 17.1 Å². The minimum absolute atomic E-state index is 0.149. The van der Waals surface area contributed by atoms with Crippen LogP contribution in [0.15, 0.2) is 23.0 Å². The van der Waals surface area contributed by atoms with Crippen LogP contribution in [0.4, 0.5) is 4.39 Å². The Kier molecular flexibility index (Phi) is 3.50. The molecule has 20 heavy (non-hydrogen) atoms. The SMILES string of the molecule is Cc1cc(F)ccc1-c1nc(C(C)(C)C)[nH]c(=O)c1C. The zero-order valence-electron chi connectivity index (χ0n) is 12.5. The molecule has 0 aliphatic carbocycles. The lowest BCUT2D eigenvalue weighted by Crippen LogP contribution is -2.24. The maximum atomic E-state index is 13.2. The Morgan fingerprint density at radius 2 is 1.85 bits per heavy atom. The lowest BCUT2D eigenvalue weighted by atomic mass is 9.94. The summed E-state index contributed by atoms with van der Waals surface area (Å²) in [6, 6.07) is 4.52. The van der Waals surface area contributed by atoms with Crippen molar-refractivity contribution in [2.45, 2.75) is 40.0 Å². The number of halogens is 1. The molecule has 0 aliphatic rings. The summed E-state index contributed by atoms with van der Waals surface area (Å²) < 4.78 is 13.2. The van der Waals surface area contributed by atoms with Crippen molar-refractivity contribution in [2.75, 3.05) is 0 Å². The van der Waals surface area contributed by atoms with Gasteiger partial charge in [-0.25, -0.2) is 9.37 Å². The Labute approximate surface area is 117 Å². The van der Waals surface area contributed by atoms with E-state index in [0.717, 1.165) is 11.1 Å². The van der Waals surface area contributed by atoms with Gasteiger partial charge in [-0.1, -0.05) is 20.8 Å². The van der Waals surface area contributed by atoms with Gasteiger partial charge in [-0.05, 0) is 37.6 Å². The van der Waals surface area contributed by atoms with Gasteiger partial charge in [0.2, 0.25) is 0 Å². The summed E-state index contributed by atoms with van der Waals surface area (Å²) in [7, 11) is 0. The van der Waals surface area contributed by atoms with Crippen LogP contribution in [-0.2, 0) is 5.41 Å². The minimum Gasteiger partial charge on any atom is -0.310 e. The first-order valence-electron chi connectivity index (χ1n) is 6.58. The summed E-state index contributed by atoms with van der Waals surface area (Å²) in [6.45, 7) is 9.51. The van der Waals surface area contributed by atoms with Crippen molar-refractivity contribution in [1.29, 1.82) is 0 Å². The summed E-state index contributed by atoms with van der Waals surface area (Å²) in [5.74, 6) is 0.344. The molecule has 0 fully saturated rings. The van der Waals surface area contributed by atoms with Gasteiger partial charge in [-0.3, -0.25) is 4.79 Å². The number of rotatable bonds is 1. The van der Waals surface area contributed by atoms with Crippen molar-refractivity contribution in [3.63, 3.8) is 0 Å². The molecule has 0 radical (unpaired) electrons. The van der Waals surface area contributed by atoms with Crippen LogP contribution in [-0.4, -0.2) is 9.97 Å². The Bertz CT molecular complexity index is 711. The number of aromatic amines is 1. The highest BCUT2D eigenvalue weighted by Gasteiger charge is 2.20. The molecule has 2 aromatic rings. The van der Waals surface area contributed by atoms with E-state index >= 15 is 0 Å². The maximum Gasteiger partial charge on any atom is 0.254 e. The molecule has 106 valence electrons. The molecule has 0 atom stereocenters. The van der Waals surface area contributed by atoms with Crippen LogP contribution in [0.1, 0.15) is 37.7 Å². The third-order valence-corrected chi connectivity index (χ3v) is 3.31. The average molecular weight is 274 g/mol. The minimum atomic E-state index is -0.287. The topological polar surface area (TPSA) is 45.8 Å². The molecule has 1 aromatic carbocycles.